The predicted octanol–water partition coefficient (Wildman–Crippen LogP) is 4.26. The van der Waals surface area contributed by atoms with Crippen LogP contribution in [-0.2, 0) is 0 Å². The predicted molar refractivity (Wildman–Crippen MR) is 88.5 cm³/mol. The van der Waals surface area contributed by atoms with Crippen molar-refractivity contribution < 1.29 is 0 Å². The SMILES string of the molecule is CC(Nc1ccc(C(N)=S)cc1Br)c1ccccc1. The van der Waals surface area contributed by atoms with Crippen LogP contribution >= 0.6 is 28.1 Å². The number of hydrogen-bond acceptors (Lipinski definition) is 2. The van der Waals surface area contributed by atoms with E-state index in [0.717, 1.165) is 15.7 Å². The highest BCUT2D eigenvalue weighted by Crippen LogP contribution is 2.27. The second-order valence-corrected chi connectivity index (χ2v) is 5.63. The average Bonchev–Trinajstić information content (AvgIpc) is 2.41. The fourth-order valence-corrected chi connectivity index (χ4v) is 2.46. The van der Waals surface area contributed by atoms with Crippen LogP contribution in [0.5, 0.6) is 0 Å². The van der Waals surface area contributed by atoms with Crippen LogP contribution in [0.15, 0.2) is 53.0 Å². The van der Waals surface area contributed by atoms with Gasteiger partial charge in [-0.1, -0.05) is 42.5 Å². The first-order valence-corrected chi connectivity index (χ1v) is 7.19. The summed E-state index contributed by atoms with van der Waals surface area (Å²) in [5.74, 6) is 0. The molecule has 0 spiro atoms. The molecule has 0 aliphatic heterocycles. The molecule has 0 aliphatic carbocycles. The monoisotopic (exact) mass is 334 g/mol. The first-order valence-electron chi connectivity index (χ1n) is 5.99. The molecular formula is C15H15BrN2S. The minimum Gasteiger partial charge on any atom is -0.389 e. The van der Waals surface area contributed by atoms with Crippen LogP contribution in [0.25, 0.3) is 0 Å². The van der Waals surface area contributed by atoms with Crippen molar-refractivity contribution in [2.45, 2.75) is 13.0 Å². The van der Waals surface area contributed by atoms with E-state index < -0.39 is 0 Å². The van der Waals surface area contributed by atoms with Crippen LogP contribution in [0, 0.1) is 0 Å². The highest BCUT2D eigenvalue weighted by molar-refractivity contribution is 9.10. The Labute approximate surface area is 127 Å². The standard InChI is InChI=1S/C15H15BrN2S/c1-10(11-5-3-2-4-6-11)18-14-8-7-12(15(17)19)9-13(14)16/h2-10,18H,1H3,(H2,17,19). The molecule has 0 saturated carbocycles. The van der Waals surface area contributed by atoms with Crippen molar-refractivity contribution in [3.8, 4) is 0 Å². The number of hydrogen-bond donors (Lipinski definition) is 2. The quantitative estimate of drug-likeness (QED) is 0.820. The van der Waals surface area contributed by atoms with Gasteiger partial charge < -0.3 is 11.1 Å². The van der Waals surface area contributed by atoms with Crippen LogP contribution < -0.4 is 11.1 Å². The lowest BCUT2D eigenvalue weighted by molar-refractivity contribution is 0.883. The third-order valence-corrected chi connectivity index (χ3v) is 3.82. The van der Waals surface area contributed by atoms with Gasteiger partial charge in [0.2, 0.25) is 0 Å². The Morgan fingerprint density at radius 2 is 1.89 bits per heavy atom. The third-order valence-electron chi connectivity index (χ3n) is 2.93. The molecule has 2 nitrogen and oxygen atoms in total. The summed E-state index contributed by atoms with van der Waals surface area (Å²) in [6.07, 6.45) is 0. The van der Waals surface area contributed by atoms with Gasteiger partial charge >= 0.3 is 0 Å². The smallest absolute Gasteiger partial charge is 0.104 e. The van der Waals surface area contributed by atoms with Crippen LogP contribution in [0.2, 0.25) is 0 Å². The van der Waals surface area contributed by atoms with Gasteiger partial charge in [-0.15, -0.1) is 0 Å². The topological polar surface area (TPSA) is 38.0 Å². The largest absolute Gasteiger partial charge is 0.389 e. The van der Waals surface area contributed by atoms with Crippen molar-refractivity contribution in [2.75, 3.05) is 5.32 Å². The van der Waals surface area contributed by atoms with Gasteiger partial charge in [-0.25, -0.2) is 0 Å². The van der Waals surface area contributed by atoms with Crippen LogP contribution in [0.1, 0.15) is 24.1 Å². The van der Waals surface area contributed by atoms with Crippen molar-refractivity contribution in [1.82, 2.24) is 0 Å². The summed E-state index contributed by atoms with van der Waals surface area (Å²) in [5.41, 5.74) is 8.74. The summed E-state index contributed by atoms with van der Waals surface area (Å²) >= 11 is 8.50. The summed E-state index contributed by atoms with van der Waals surface area (Å²) in [6, 6.07) is 16.4. The summed E-state index contributed by atoms with van der Waals surface area (Å²) < 4.78 is 0.959. The average molecular weight is 335 g/mol. The lowest BCUT2D eigenvalue weighted by Crippen LogP contribution is -2.10. The summed E-state index contributed by atoms with van der Waals surface area (Å²) in [7, 11) is 0. The second kappa shape index (κ2) is 6.17. The Balaban J connectivity index is 2.18. The number of anilines is 1. The van der Waals surface area contributed by atoms with Crippen molar-refractivity contribution >= 4 is 38.8 Å². The van der Waals surface area contributed by atoms with E-state index >= 15 is 0 Å². The lowest BCUT2D eigenvalue weighted by atomic mass is 10.1. The zero-order chi connectivity index (χ0) is 13.8. The maximum Gasteiger partial charge on any atom is 0.104 e. The molecule has 1 unspecified atom stereocenters. The van der Waals surface area contributed by atoms with E-state index in [2.05, 4.69) is 40.3 Å². The Bertz CT molecular complexity index is 584. The first-order chi connectivity index (χ1) is 9.08. The molecule has 4 heteroatoms. The number of thiocarbonyl (C=S) groups is 1. The van der Waals surface area contributed by atoms with E-state index in [-0.39, 0.29) is 6.04 Å². The second-order valence-electron chi connectivity index (χ2n) is 4.34. The highest BCUT2D eigenvalue weighted by atomic mass is 79.9. The molecule has 0 heterocycles. The van der Waals surface area contributed by atoms with Crippen molar-refractivity contribution in [1.29, 1.82) is 0 Å². The fraction of sp³-hybridized carbons (Fsp3) is 0.133. The molecular weight excluding hydrogens is 320 g/mol. The van der Waals surface area contributed by atoms with Crippen molar-refractivity contribution in [3.05, 3.63) is 64.1 Å². The summed E-state index contributed by atoms with van der Waals surface area (Å²) in [4.78, 5) is 0.406. The van der Waals surface area contributed by atoms with Crippen LogP contribution in [-0.4, -0.2) is 4.99 Å². The van der Waals surface area contributed by atoms with E-state index in [9.17, 15) is 0 Å². The van der Waals surface area contributed by atoms with Crippen LogP contribution in [0.3, 0.4) is 0 Å². The van der Waals surface area contributed by atoms with Gasteiger partial charge in [0.05, 0.1) is 0 Å². The lowest BCUT2D eigenvalue weighted by Gasteiger charge is -2.17. The Morgan fingerprint density at radius 3 is 2.47 bits per heavy atom. The van der Waals surface area contributed by atoms with E-state index in [4.69, 9.17) is 18.0 Å². The molecule has 0 amide bonds. The van der Waals surface area contributed by atoms with Gasteiger partial charge in [0, 0.05) is 21.8 Å². The van der Waals surface area contributed by atoms with Crippen molar-refractivity contribution in [3.63, 3.8) is 0 Å². The van der Waals surface area contributed by atoms with E-state index in [1.54, 1.807) is 0 Å². The molecule has 19 heavy (non-hydrogen) atoms. The first kappa shape index (κ1) is 14.0. The molecule has 0 bridgehead atoms. The normalized spacial score (nSPS) is 11.9. The molecule has 98 valence electrons. The third kappa shape index (κ3) is 3.55. The molecule has 2 rings (SSSR count). The van der Waals surface area contributed by atoms with Gasteiger partial charge in [0.25, 0.3) is 0 Å². The Kier molecular flexibility index (Phi) is 4.56. The van der Waals surface area contributed by atoms with E-state index in [1.165, 1.54) is 5.56 Å². The number of rotatable bonds is 4. The number of benzene rings is 2. The van der Waals surface area contributed by atoms with Gasteiger partial charge in [-0.2, -0.15) is 0 Å². The molecule has 0 fully saturated rings. The van der Waals surface area contributed by atoms with Gasteiger partial charge in [0.1, 0.15) is 4.99 Å². The Hall–Kier alpha value is -1.39. The maximum atomic E-state index is 5.62. The molecule has 0 aliphatic rings. The van der Waals surface area contributed by atoms with Crippen molar-refractivity contribution in [2.24, 2.45) is 5.73 Å². The molecule has 1 atom stereocenters. The summed E-state index contributed by atoms with van der Waals surface area (Å²) in [5, 5.41) is 3.46. The minimum atomic E-state index is 0.230. The summed E-state index contributed by atoms with van der Waals surface area (Å²) in [6.45, 7) is 2.13. The number of halogens is 1. The molecule has 0 radical (unpaired) electrons. The molecule has 2 aromatic rings. The Morgan fingerprint density at radius 1 is 1.21 bits per heavy atom. The van der Waals surface area contributed by atoms with Gasteiger partial charge in [0.15, 0.2) is 0 Å². The maximum absolute atomic E-state index is 5.62. The molecule has 2 aromatic carbocycles. The van der Waals surface area contributed by atoms with Crippen LogP contribution in [0.4, 0.5) is 5.69 Å². The molecule has 3 N–H and O–H groups in total. The van der Waals surface area contributed by atoms with Gasteiger partial charge in [-0.3, -0.25) is 0 Å². The number of nitrogens with two attached hydrogens (primary N) is 1. The van der Waals surface area contributed by atoms with E-state index in [1.807, 2.05) is 36.4 Å². The molecule has 0 saturated heterocycles. The molecule has 0 aromatic heterocycles. The fourth-order valence-electron chi connectivity index (χ4n) is 1.84. The minimum absolute atomic E-state index is 0.230. The van der Waals surface area contributed by atoms with Gasteiger partial charge in [-0.05, 0) is 46.6 Å². The highest BCUT2D eigenvalue weighted by Gasteiger charge is 2.08. The number of nitrogens with one attached hydrogen (secondary N) is 1. The zero-order valence-corrected chi connectivity index (χ0v) is 13.0. The van der Waals surface area contributed by atoms with E-state index in [0.29, 0.717) is 4.99 Å². The zero-order valence-electron chi connectivity index (χ0n) is 10.6.